The Hall–Kier alpha value is -1.13. The molecule has 0 spiro atoms. The molecule has 112 valence electrons. The van der Waals surface area contributed by atoms with Crippen LogP contribution in [0.4, 0.5) is 5.82 Å². The van der Waals surface area contributed by atoms with E-state index in [9.17, 15) is 0 Å². The molecule has 0 bridgehead atoms. The third kappa shape index (κ3) is 3.70. The molecule has 1 saturated heterocycles. The van der Waals surface area contributed by atoms with Crippen molar-refractivity contribution < 1.29 is 0 Å². The fraction of sp³-hybridized carbons (Fsp3) is 0.688. The van der Waals surface area contributed by atoms with E-state index in [1.54, 1.807) is 0 Å². The third-order valence-electron chi connectivity index (χ3n) is 3.96. The van der Waals surface area contributed by atoms with E-state index < -0.39 is 0 Å². The van der Waals surface area contributed by atoms with Crippen LogP contribution in [0.15, 0.2) is 18.3 Å². The molecule has 0 saturated carbocycles. The quantitative estimate of drug-likeness (QED) is 0.913. The Morgan fingerprint density at radius 3 is 2.50 bits per heavy atom. The van der Waals surface area contributed by atoms with Crippen LogP contribution in [-0.2, 0) is 6.54 Å². The van der Waals surface area contributed by atoms with E-state index in [0.717, 1.165) is 45.1 Å². The smallest absolute Gasteiger partial charge is 0.133 e. The summed E-state index contributed by atoms with van der Waals surface area (Å²) in [5.41, 5.74) is 1.57. The highest BCUT2D eigenvalue weighted by Crippen LogP contribution is 2.22. The van der Waals surface area contributed by atoms with Crippen molar-refractivity contribution in [3.8, 4) is 0 Å². The zero-order valence-corrected chi connectivity index (χ0v) is 13.3. The second-order valence-corrected chi connectivity index (χ2v) is 6.41. The summed E-state index contributed by atoms with van der Waals surface area (Å²) in [6.07, 6.45) is 1.90. The highest BCUT2D eigenvalue weighted by atomic mass is 15.3. The first-order chi connectivity index (χ1) is 9.52. The van der Waals surface area contributed by atoms with Crippen molar-refractivity contribution in [2.75, 3.05) is 37.6 Å². The zero-order chi connectivity index (χ0) is 14.6. The third-order valence-corrected chi connectivity index (χ3v) is 3.96. The number of nitrogens with one attached hydrogen (secondary N) is 1. The number of hydrogen-bond acceptors (Lipinski definition) is 4. The predicted molar refractivity (Wildman–Crippen MR) is 85.2 cm³/mol. The number of pyridine rings is 1. The lowest BCUT2D eigenvalue weighted by molar-refractivity contribution is 0.128. The summed E-state index contributed by atoms with van der Waals surface area (Å²) in [6.45, 7) is 15.3. The van der Waals surface area contributed by atoms with E-state index >= 15 is 0 Å². The van der Waals surface area contributed by atoms with Gasteiger partial charge in [-0.3, -0.25) is 4.90 Å². The van der Waals surface area contributed by atoms with E-state index in [2.05, 4.69) is 53.9 Å². The van der Waals surface area contributed by atoms with Gasteiger partial charge in [-0.15, -0.1) is 0 Å². The molecular weight excluding hydrogens is 248 g/mol. The minimum Gasteiger partial charge on any atom is -0.354 e. The predicted octanol–water partition coefficient (Wildman–Crippen LogP) is 2.11. The zero-order valence-electron chi connectivity index (χ0n) is 13.3. The lowest BCUT2D eigenvalue weighted by atomic mass is 10.0. The lowest BCUT2D eigenvalue weighted by Crippen LogP contribution is -2.53. The van der Waals surface area contributed by atoms with Crippen molar-refractivity contribution in [3.05, 3.63) is 23.9 Å². The van der Waals surface area contributed by atoms with Crippen LogP contribution in [-0.4, -0.2) is 48.1 Å². The Labute approximate surface area is 123 Å². The van der Waals surface area contributed by atoms with Crippen LogP contribution in [0.25, 0.3) is 0 Å². The fourth-order valence-electron chi connectivity index (χ4n) is 2.70. The van der Waals surface area contributed by atoms with Gasteiger partial charge in [0.2, 0.25) is 0 Å². The van der Waals surface area contributed by atoms with E-state index in [-0.39, 0.29) is 5.54 Å². The average Bonchev–Trinajstić information content (AvgIpc) is 2.45. The molecule has 0 radical (unpaired) electrons. The van der Waals surface area contributed by atoms with Crippen molar-refractivity contribution >= 4 is 5.82 Å². The molecule has 1 aromatic rings. The largest absolute Gasteiger partial charge is 0.354 e. The molecule has 1 aliphatic heterocycles. The Morgan fingerprint density at radius 2 is 1.90 bits per heavy atom. The summed E-state index contributed by atoms with van der Waals surface area (Å²) >= 11 is 0. The summed E-state index contributed by atoms with van der Waals surface area (Å²) in [5.74, 6) is 1.15. The summed E-state index contributed by atoms with van der Waals surface area (Å²) in [6, 6.07) is 4.21. The first-order valence-electron chi connectivity index (χ1n) is 7.67. The highest BCUT2D eigenvalue weighted by molar-refractivity contribution is 5.47. The Bertz CT molecular complexity index is 417. The second kappa shape index (κ2) is 6.55. The summed E-state index contributed by atoms with van der Waals surface area (Å²) in [7, 11) is 0. The highest BCUT2D eigenvalue weighted by Gasteiger charge is 2.26. The van der Waals surface area contributed by atoms with Crippen molar-refractivity contribution in [1.82, 2.24) is 15.2 Å². The molecule has 2 heterocycles. The molecule has 0 aliphatic carbocycles. The van der Waals surface area contributed by atoms with Crippen LogP contribution in [0.1, 0.15) is 33.3 Å². The molecule has 0 amide bonds. The Morgan fingerprint density at radius 1 is 1.20 bits per heavy atom. The molecule has 0 aromatic carbocycles. The topological polar surface area (TPSA) is 31.4 Å². The minimum absolute atomic E-state index is 0.267. The van der Waals surface area contributed by atoms with Gasteiger partial charge in [0.1, 0.15) is 5.82 Å². The number of piperazine rings is 1. The van der Waals surface area contributed by atoms with Crippen molar-refractivity contribution in [2.24, 2.45) is 0 Å². The lowest BCUT2D eigenvalue weighted by Gasteiger charge is -2.43. The van der Waals surface area contributed by atoms with Crippen LogP contribution in [0.3, 0.4) is 0 Å². The Kier molecular flexibility index (Phi) is 5.00. The number of rotatable bonds is 4. The number of nitrogens with zero attached hydrogens (tertiary/aromatic N) is 3. The standard InChI is InChI=1S/C16H28N4/c1-5-17-13-14-7-6-8-18-15(14)19-9-11-20(12-10-19)16(2,3)4/h6-8,17H,5,9-13H2,1-4H3. The number of aromatic nitrogens is 1. The molecule has 0 unspecified atom stereocenters. The summed E-state index contributed by atoms with van der Waals surface area (Å²) < 4.78 is 0. The van der Waals surface area contributed by atoms with Crippen LogP contribution >= 0.6 is 0 Å². The van der Waals surface area contributed by atoms with Crippen molar-refractivity contribution in [3.63, 3.8) is 0 Å². The maximum absolute atomic E-state index is 4.61. The maximum Gasteiger partial charge on any atom is 0.133 e. The molecule has 1 aliphatic rings. The van der Waals surface area contributed by atoms with Crippen molar-refractivity contribution in [2.45, 2.75) is 39.8 Å². The molecule has 2 rings (SSSR count). The van der Waals surface area contributed by atoms with Gasteiger partial charge in [-0.25, -0.2) is 4.98 Å². The van der Waals surface area contributed by atoms with Crippen molar-refractivity contribution in [1.29, 1.82) is 0 Å². The molecule has 20 heavy (non-hydrogen) atoms. The van der Waals surface area contributed by atoms with E-state index in [1.807, 2.05) is 12.3 Å². The van der Waals surface area contributed by atoms with E-state index in [4.69, 9.17) is 0 Å². The van der Waals surface area contributed by atoms with Gasteiger partial charge in [0, 0.05) is 50.0 Å². The van der Waals surface area contributed by atoms with Crippen LogP contribution in [0.5, 0.6) is 0 Å². The fourth-order valence-corrected chi connectivity index (χ4v) is 2.70. The molecule has 4 heteroatoms. The van der Waals surface area contributed by atoms with Gasteiger partial charge >= 0.3 is 0 Å². The van der Waals surface area contributed by atoms with Gasteiger partial charge in [0.05, 0.1) is 0 Å². The second-order valence-electron chi connectivity index (χ2n) is 6.41. The number of anilines is 1. The normalized spacial score (nSPS) is 17.5. The SMILES string of the molecule is CCNCc1cccnc1N1CCN(C(C)(C)C)CC1. The van der Waals surface area contributed by atoms with Crippen LogP contribution in [0, 0.1) is 0 Å². The first kappa shape index (κ1) is 15.3. The van der Waals surface area contributed by atoms with Gasteiger partial charge < -0.3 is 10.2 Å². The molecule has 1 N–H and O–H groups in total. The van der Waals surface area contributed by atoms with E-state index in [1.165, 1.54) is 5.56 Å². The molecule has 1 aromatic heterocycles. The van der Waals surface area contributed by atoms with Crippen LogP contribution in [0.2, 0.25) is 0 Å². The van der Waals surface area contributed by atoms with E-state index in [0.29, 0.717) is 0 Å². The molecule has 1 fully saturated rings. The summed E-state index contributed by atoms with van der Waals surface area (Å²) in [4.78, 5) is 9.59. The average molecular weight is 276 g/mol. The molecule has 4 nitrogen and oxygen atoms in total. The van der Waals surface area contributed by atoms with Gasteiger partial charge in [0.15, 0.2) is 0 Å². The summed E-state index contributed by atoms with van der Waals surface area (Å²) in [5, 5.41) is 3.40. The van der Waals surface area contributed by atoms with Gasteiger partial charge in [-0.1, -0.05) is 13.0 Å². The minimum atomic E-state index is 0.267. The van der Waals surface area contributed by atoms with Gasteiger partial charge in [-0.05, 0) is 33.4 Å². The Balaban J connectivity index is 2.03. The monoisotopic (exact) mass is 276 g/mol. The van der Waals surface area contributed by atoms with Crippen LogP contribution < -0.4 is 10.2 Å². The first-order valence-corrected chi connectivity index (χ1v) is 7.67. The molecular formula is C16H28N4. The van der Waals surface area contributed by atoms with Gasteiger partial charge in [-0.2, -0.15) is 0 Å². The number of hydrogen-bond donors (Lipinski definition) is 1. The maximum atomic E-state index is 4.61. The molecule has 0 atom stereocenters. The van der Waals surface area contributed by atoms with Gasteiger partial charge in [0.25, 0.3) is 0 Å².